The molecule has 1 aromatic heterocycles. The summed E-state index contributed by atoms with van der Waals surface area (Å²) >= 11 is 0. The minimum atomic E-state index is -0.198. The van der Waals surface area contributed by atoms with Gasteiger partial charge >= 0.3 is 0 Å². The van der Waals surface area contributed by atoms with Gasteiger partial charge in [-0.05, 0) is 29.8 Å². The molecule has 0 radical (unpaired) electrons. The van der Waals surface area contributed by atoms with Gasteiger partial charge in [-0.15, -0.1) is 0 Å². The first-order chi connectivity index (χ1) is 9.65. The van der Waals surface area contributed by atoms with Crippen molar-refractivity contribution >= 4 is 17.3 Å². The molecule has 0 aliphatic carbocycles. The number of amides is 1. The maximum absolute atomic E-state index is 11.6. The highest BCUT2D eigenvalue weighted by Crippen LogP contribution is 2.24. The van der Waals surface area contributed by atoms with E-state index in [2.05, 4.69) is 10.3 Å². The Balaban J connectivity index is 2.32. The van der Waals surface area contributed by atoms with Gasteiger partial charge in [0, 0.05) is 38.2 Å². The van der Waals surface area contributed by atoms with Gasteiger partial charge in [0.25, 0.3) is 5.91 Å². The number of rotatable bonds is 4. The van der Waals surface area contributed by atoms with Crippen molar-refractivity contribution in [1.82, 2.24) is 10.3 Å². The first kappa shape index (κ1) is 14.0. The summed E-state index contributed by atoms with van der Waals surface area (Å²) in [5, 5.41) is 2.57. The molecule has 0 bridgehead atoms. The molecule has 20 heavy (non-hydrogen) atoms. The summed E-state index contributed by atoms with van der Waals surface area (Å²) < 4.78 is 0. The number of hydrogen-bond acceptors (Lipinski definition) is 4. The van der Waals surface area contributed by atoms with Crippen LogP contribution in [0, 0.1) is 0 Å². The largest absolute Gasteiger partial charge is 0.354 e. The number of nitrogens with one attached hydrogen (secondary N) is 1. The van der Waals surface area contributed by atoms with E-state index in [9.17, 15) is 4.79 Å². The molecule has 2 aromatic rings. The van der Waals surface area contributed by atoms with Crippen molar-refractivity contribution in [2.24, 2.45) is 5.73 Å². The van der Waals surface area contributed by atoms with E-state index in [1.807, 2.05) is 42.3 Å². The van der Waals surface area contributed by atoms with Crippen LogP contribution in [0.3, 0.4) is 0 Å². The van der Waals surface area contributed by atoms with Gasteiger partial charge < -0.3 is 16.0 Å². The molecule has 0 unspecified atom stereocenters. The number of anilines is 2. The fourth-order valence-electron chi connectivity index (χ4n) is 1.92. The zero-order valence-electron chi connectivity index (χ0n) is 11.6. The summed E-state index contributed by atoms with van der Waals surface area (Å²) in [6, 6.07) is 11.6. The van der Waals surface area contributed by atoms with Crippen LogP contribution in [0.15, 0.2) is 42.6 Å². The fourth-order valence-corrected chi connectivity index (χ4v) is 1.92. The Morgan fingerprint density at radius 2 is 2.05 bits per heavy atom. The number of hydrogen-bond donors (Lipinski definition) is 2. The van der Waals surface area contributed by atoms with Gasteiger partial charge in [-0.3, -0.25) is 9.78 Å². The van der Waals surface area contributed by atoms with Crippen molar-refractivity contribution in [2.75, 3.05) is 19.0 Å². The Hall–Kier alpha value is -2.40. The van der Waals surface area contributed by atoms with Crippen molar-refractivity contribution in [3.05, 3.63) is 53.9 Å². The SMILES string of the molecule is CNC(=O)c1cc(N(C)c2cccc(CN)c2)ccn1. The van der Waals surface area contributed by atoms with E-state index in [-0.39, 0.29) is 5.91 Å². The average Bonchev–Trinajstić information content (AvgIpc) is 2.53. The fraction of sp³-hybridized carbons (Fsp3) is 0.200. The van der Waals surface area contributed by atoms with E-state index in [4.69, 9.17) is 5.73 Å². The van der Waals surface area contributed by atoms with E-state index >= 15 is 0 Å². The molecule has 5 nitrogen and oxygen atoms in total. The van der Waals surface area contributed by atoms with Crippen LogP contribution in [0.1, 0.15) is 16.1 Å². The van der Waals surface area contributed by atoms with Crippen molar-refractivity contribution in [1.29, 1.82) is 0 Å². The second-order valence-corrected chi connectivity index (χ2v) is 4.41. The van der Waals surface area contributed by atoms with Crippen molar-refractivity contribution in [3.63, 3.8) is 0 Å². The van der Waals surface area contributed by atoms with Crippen molar-refractivity contribution < 1.29 is 4.79 Å². The molecule has 0 saturated carbocycles. The molecule has 3 N–H and O–H groups in total. The topological polar surface area (TPSA) is 71.2 Å². The lowest BCUT2D eigenvalue weighted by molar-refractivity contribution is 0.0958. The van der Waals surface area contributed by atoms with Gasteiger partial charge in [0.05, 0.1) is 0 Å². The number of nitrogens with zero attached hydrogens (tertiary/aromatic N) is 2. The van der Waals surface area contributed by atoms with Crippen molar-refractivity contribution in [2.45, 2.75) is 6.54 Å². The minimum Gasteiger partial charge on any atom is -0.354 e. The van der Waals surface area contributed by atoms with E-state index in [0.717, 1.165) is 16.9 Å². The van der Waals surface area contributed by atoms with Gasteiger partial charge in [-0.2, -0.15) is 0 Å². The molecule has 0 atom stereocenters. The first-order valence-corrected chi connectivity index (χ1v) is 6.36. The number of pyridine rings is 1. The molecular weight excluding hydrogens is 252 g/mol. The molecule has 1 heterocycles. The molecule has 1 aromatic carbocycles. The third-order valence-electron chi connectivity index (χ3n) is 3.12. The third-order valence-corrected chi connectivity index (χ3v) is 3.12. The van der Waals surface area contributed by atoms with Gasteiger partial charge in [0.1, 0.15) is 5.69 Å². The van der Waals surface area contributed by atoms with E-state index in [1.54, 1.807) is 19.3 Å². The van der Waals surface area contributed by atoms with E-state index in [0.29, 0.717) is 12.2 Å². The number of carbonyl (C=O) groups excluding carboxylic acids is 1. The van der Waals surface area contributed by atoms with Crippen LogP contribution in [0.2, 0.25) is 0 Å². The van der Waals surface area contributed by atoms with Crippen LogP contribution in [0.4, 0.5) is 11.4 Å². The molecule has 0 fully saturated rings. The summed E-state index contributed by atoms with van der Waals surface area (Å²) in [6.07, 6.45) is 1.63. The highest BCUT2D eigenvalue weighted by Gasteiger charge is 2.09. The average molecular weight is 270 g/mol. The van der Waals surface area contributed by atoms with Gasteiger partial charge in [-0.1, -0.05) is 12.1 Å². The zero-order valence-corrected chi connectivity index (χ0v) is 11.6. The molecule has 104 valence electrons. The molecule has 0 spiro atoms. The maximum Gasteiger partial charge on any atom is 0.269 e. The lowest BCUT2D eigenvalue weighted by Gasteiger charge is -2.20. The standard InChI is InChI=1S/C15H18N4O/c1-17-15(20)14-9-13(6-7-18-14)19(2)12-5-3-4-11(8-12)10-16/h3-9H,10,16H2,1-2H3,(H,17,20). The minimum absolute atomic E-state index is 0.198. The lowest BCUT2D eigenvalue weighted by Crippen LogP contribution is -2.20. The molecule has 0 saturated heterocycles. The summed E-state index contributed by atoms with van der Waals surface area (Å²) in [6.45, 7) is 0.502. The number of benzene rings is 1. The molecule has 5 heteroatoms. The van der Waals surface area contributed by atoms with Gasteiger partial charge in [-0.25, -0.2) is 0 Å². The summed E-state index contributed by atoms with van der Waals surface area (Å²) in [5.74, 6) is -0.198. The Labute approximate surface area is 118 Å². The van der Waals surface area contributed by atoms with Crippen LogP contribution in [0.25, 0.3) is 0 Å². The normalized spacial score (nSPS) is 10.2. The summed E-state index contributed by atoms with van der Waals surface area (Å²) in [5.41, 5.74) is 9.03. The first-order valence-electron chi connectivity index (χ1n) is 6.36. The number of carbonyl (C=O) groups is 1. The van der Waals surface area contributed by atoms with Crippen LogP contribution < -0.4 is 16.0 Å². The zero-order chi connectivity index (χ0) is 14.5. The van der Waals surface area contributed by atoms with Crippen LogP contribution in [0.5, 0.6) is 0 Å². The molecule has 0 aliphatic rings. The molecule has 1 amide bonds. The quantitative estimate of drug-likeness (QED) is 0.886. The highest BCUT2D eigenvalue weighted by atomic mass is 16.1. The monoisotopic (exact) mass is 270 g/mol. The van der Waals surface area contributed by atoms with Gasteiger partial charge in [0.15, 0.2) is 0 Å². The van der Waals surface area contributed by atoms with E-state index in [1.165, 1.54) is 0 Å². The van der Waals surface area contributed by atoms with Gasteiger partial charge in [0.2, 0.25) is 0 Å². The highest BCUT2D eigenvalue weighted by molar-refractivity contribution is 5.93. The summed E-state index contributed by atoms with van der Waals surface area (Å²) in [7, 11) is 3.53. The predicted octanol–water partition coefficient (Wildman–Crippen LogP) is 1.67. The Bertz CT molecular complexity index is 612. The van der Waals surface area contributed by atoms with Crippen LogP contribution in [-0.2, 0) is 6.54 Å². The second kappa shape index (κ2) is 6.16. The van der Waals surface area contributed by atoms with Crippen LogP contribution in [-0.4, -0.2) is 25.0 Å². The number of nitrogens with two attached hydrogens (primary N) is 1. The Kier molecular flexibility index (Phi) is 4.32. The Morgan fingerprint density at radius 3 is 2.75 bits per heavy atom. The number of aromatic nitrogens is 1. The Morgan fingerprint density at radius 1 is 1.30 bits per heavy atom. The maximum atomic E-state index is 11.6. The molecule has 0 aliphatic heterocycles. The van der Waals surface area contributed by atoms with E-state index < -0.39 is 0 Å². The molecule has 2 rings (SSSR count). The smallest absolute Gasteiger partial charge is 0.269 e. The second-order valence-electron chi connectivity index (χ2n) is 4.41. The predicted molar refractivity (Wildman–Crippen MR) is 80.0 cm³/mol. The summed E-state index contributed by atoms with van der Waals surface area (Å²) in [4.78, 5) is 17.7. The molecular formula is C15H18N4O. The lowest BCUT2D eigenvalue weighted by atomic mass is 10.2. The van der Waals surface area contributed by atoms with Crippen molar-refractivity contribution in [3.8, 4) is 0 Å². The third kappa shape index (κ3) is 2.95. The van der Waals surface area contributed by atoms with Crippen LogP contribution >= 0.6 is 0 Å².